The van der Waals surface area contributed by atoms with E-state index in [1.165, 1.54) is 0 Å². The van der Waals surface area contributed by atoms with Crippen LogP contribution in [-0.4, -0.2) is 35.3 Å². The van der Waals surface area contributed by atoms with Crippen LogP contribution in [0.4, 0.5) is 11.4 Å². The summed E-state index contributed by atoms with van der Waals surface area (Å²) in [7, 11) is 4.01. The molecule has 7 nitrogen and oxygen atoms in total. The maximum atomic E-state index is 11.4. The molecule has 1 aliphatic heterocycles. The molecule has 36 heavy (non-hydrogen) atoms. The molecule has 8 heteroatoms. The number of furan rings is 1. The number of aromatic carboxylic acids is 1. The molecule has 0 radical (unpaired) electrons. The van der Waals surface area contributed by atoms with E-state index in [1.807, 2.05) is 51.4 Å². The highest BCUT2D eigenvalue weighted by atomic mass is 32.1. The molecule has 1 fully saturated rings. The zero-order chi connectivity index (χ0) is 25.4. The first-order chi connectivity index (χ1) is 17.3. The van der Waals surface area contributed by atoms with Gasteiger partial charge in [0.2, 0.25) is 0 Å². The second-order valence-corrected chi connectivity index (χ2v) is 9.33. The molecule has 4 aromatic rings. The van der Waals surface area contributed by atoms with Crippen LogP contribution < -0.4 is 15.1 Å². The van der Waals surface area contributed by atoms with E-state index in [1.54, 1.807) is 24.4 Å². The highest BCUT2D eigenvalue weighted by Crippen LogP contribution is 2.43. The first-order valence-corrected chi connectivity index (χ1v) is 12.0. The number of aryl methyl sites for hydroxylation is 1. The summed E-state index contributed by atoms with van der Waals surface area (Å²) in [5, 5.41) is 13.3. The molecule has 0 aliphatic carbocycles. The molecular formula is C28H26N4O3S. The molecule has 0 amide bonds. The number of carboxylic acids is 1. The molecule has 2 N–H and O–H groups in total. The monoisotopic (exact) mass is 498 g/mol. The summed E-state index contributed by atoms with van der Waals surface area (Å²) in [5.41, 5.74) is 4.81. The van der Waals surface area contributed by atoms with Crippen LogP contribution in [0.5, 0.6) is 0 Å². The number of anilines is 2. The van der Waals surface area contributed by atoms with E-state index in [9.17, 15) is 9.90 Å². The number of nitrogens with one attached hydrogen (secondary N) is 1. The fraction of sp³-hybridized carbons (Fsp3) is 0.179. The van der Waals surface area contributed by atoms with Crippen molar-refractivity contribution in [3.8, 4) is 11.3 Å². The second kappa shape index (κ2) is 9.47. The van der Waals surface area contributed by atoms with E-state index < -0.39 is 5.97 Å². The number of carbonyl (C=O) groups is 1. The van der Waals surface area contributed by atoms with Crippen molar-refractivity contribution in [2.45, 2.75) is 19.0 Å². The summed E-state index contributed by atoms with van der Waals surface area (Å²) in [4.78, 5) is 20.1. The first kappa shape index (κ1) is 23.6. The van der Waals surface area contributed by atoms with E-state index >= 15 is 0 Å². The van der Waals surface area contributed by atoms with Gasteiger partial charge in [-0.1, -0.05) is 12.1 Å². The number of hydrogen-bond acceptors (Lipinski definition) is 5. The van der Waals surface area contributed by atoms with Crippen LogP contribution in [0.3, 0.4) is 0 Å². The molecule has 5 rings (SSSR count). The molecule has 2 atom stereocenters. The topological polar surface area (TPSA) is 81.8 Å². The lowest BCUT2D eigenvalue weighted by molar-refractivity contribution is 0.0696. The molecule has 2 aromatic carbocycles. The van der Waals surface area contributed by atoms with Crippen molar-refractivity contribution in [2.75, 3.05) is 23.9 Å². The van der Waals surface area contributed by atoms with Crippen molar-refractivity contribution in [3.05, 3.63) is 102 Å². The molecule has 2 aromatic heterocycles. The number of rotatable bonds is 6. The van der Waals surface area contributed by atoms with Gasteiger partial charge in [0.05, 0.1) is 17.3 Å². The van der Waals surface area contributed by atoms with Gasteiger partial charge in [0, 0.05) is 37.2 Å². The molecule has 0 unspecified atom stereocenters. The summed E-state index contributed by atoms with van der Waals surface area (Å²) in [6.45, 7) is 1.88. The van der Waals surface area contributed by atoms with Gasteiger partial charge in [-0.3, -0.25) is 4.98 Å². The maximum Gasteiger partial charge on any atom is 0.335 e. The average Bonchev–Trinajstić information content (AvgIpc) is 3.49. The SMILES string of the molecule is Cc1cc(C(=O)O)ccc1-c1ccc([C@H]2[C@H](c3ccccn3)NC(=S)N2c2ccc(N(C)C)cc2)o1. The molecule has 0 spiro atoms. The Hall–Kier alpha value is -4.17. The van der Waals surface area contributed by atoms with Crippen molar-refractivity contribution in [2.24, 2.45) is 0 Å². The van der Waals surface area contributed by atoms with Gasteiger partial charge in [-0.25, -0.2) is 4.79 Å². The summed E-state index contributed by atoms with van der Waals surface area (Å²) in [6.07, 6.45) is 1.77. The number of carboxylic acid groups (broad SMARTS) is 1. The third kappa shape index (κ3) is 4.31. The van der Waals surface area contributed by atoms with E-state index in [-0.39, 0.29) is 17.6 Å². The molecule has 182 valence electrons. The van der Waals surface area contributed by atoms with Crippen LogP contribution in [0.15, 0.2) is 83.4 Å². The minimum Gasteiger partial charge on any atom is -0.478 e. The lowest BCUT2D eigenvalue weighted by atomic mass is 10.0. The average molecular weight is 499 g/mol. The summed E-state index contributed by atoms with van der Waals surface area (Å²) < 4.78 is 6.42. The Bertz CT molecular complexity index is 1420. The lowest BCUT2D eigenvalue weighted by Crippen LogP contribution is -2.29. The van der Waals surface area contributed by atoms with Gasteiger partial charge >= 0.3 is 5.97 Å². The van der Waals surface area contributed by atoms with E-state index in [2.05, 4.69) is 44.4 Å². The van der Waals surface area contributed by atoms with Crippen LogP contribution in [0.25, 0.3) is 11.3 Å². The summed E-state index contributed by atoms with van der Waals surface area (Å²) in [6, 6.07) is 22.5. The Balaban J connectivity index is 1.57. The van der Waals surface area contributed by atoms with Crippen molar-refractivity contribution in [1.29, 1.82) is 0 Å². The zero-order valence-electron chi connectivity index (χ0n) is 20.2. The normalized spacial score (nSPS) is 17.2. The van der Waals surface area contributed by atoms with E-state index in [0.29, 0.717) is 10.9 Å². The van der Waals surface area contributed by atoms with Crippen molar-refractivity contribution < 1.29 is 14.3 Å². The molecule has 0 saturated carbocycles. The molecule has 1 saturated heterocycles. The van der Waals surface area contributed by atoms with Gasteiger partial charge in [0.25, 0.3) is 0 Å². The van der Waals surface area contributed by atoms with Crippen LogP contribution >= 0.6 is 12.2 Å². The Kier molecular flexibility index (Phi) is 6.20. The van der Waals surface area contributed by atoms with Crippen LogP contribution in [-0.2, 0) is 0 Å². The van der Waals surface area contributed by atoms with Crippen LogP contribution in [0.1, 0.15) is 39.5 Å². The molecule has 0 bridgehead atoms. The number of benzene rings is 2. The maximum absolute atomic E-state index is 11.4. The van der Waals surface area contributed by atoms with Gasteiger partial charge in [-0.15, -0.1) is 0 Å². The largest absolute Gasteiger partial charge is 0.478 e. The van der Waals surface area contributed by atoms with Gasteiger partial charge in [0.15, 0.2) is 5.11 Å². The Morgan fingerprint density at radius 1 is 1.08 bits per heavy atom. The number of hydrogen-bond donors (Lipinski definition) is 2. The quantitative estimate of drug-likeness (QED) is 0.333. The van der Waals surface area contributed by atoms with Crippen LogP contribution in [0, 0.1) is 6.92 Å². The summed E-state index contributed by atoms with van der Waals surface area (Å²) in [5.74, 6) is 0.441. The third-order valence-corrected chi connectivity index (χ3v) is 6.71. The minimum atomic E-state index is -0.954. The fourth-order valence-corrected chi connectivity index (χ4v) is 4.91. The van der Waals surface area contributed by atoms with Gasteiger partial charge in [-0.2, -0.15) is 0 Å². The number of aromatic nitrogens is 1. The molecule has 1 aliphatic rings. The Morgan fingerprint density at radius 2 is 1.86 bits per heavy atom. The van der Waals surface area contributed by atoms with Gasteiger partial charge < -0.3 is 24.6 Å². The van der Waals surface area contributed by atoms with Gasteiger partial charge in [0.1, 0.15) is 17.6 Å². The Labute approximate surface area is 215 Å². The highest BCUT2D eigenvalue weighted by molar-refractivity contribution is 7.80. The van der Waals surface area contributed by atoms with Crippen molar-refractivity contribution >= 4 is 34.7 Å². The molecular weight excluding hydrogens is 472 g/mol. The third-order valence-electron chi connectivity index (χ3n) is 6.40. The predicted octanol–water partition coefficient (Wildman–Crippen LogP) is 5.59. The highest BCUT2D eigenvalue weighted by Gasteiger charge is 2.42. The smallest absolute Gasteiger partial charge is 0.335 e. The van der Waals surface area contributed by atoms with Crippen molar-refractivity contribution in [1.82, 2.24) is 10.3 Å². The van der Waals surface area contributed by atoms with Crippen molar-refractivity contribution in [3.63, 3.8) is 0 Å². The summed E-state index contributed by atoms with van der Waals surface area (Å²) >= 11 is 5.80. The zero-order valence-corrected chi connectivity index (χ0v) is 21.0. The standard InChI is InChI=1S/C28H26N4O3S/c1-17-16-18(27(33)34)7-12-21(17)23-13-14-24(35-23)26-25(22-6-4-5-15-29-22)30-28(36)32(26)20-10-8-19(9-11-20)31(2)3/h4-16,25-26H,1-3H3,(H,30,36)(H,33,34)/t25-,26-/m0/s1. The predicted molar refractivity (Wildman–Crippen MR) is 145 cm³/mol. The van der Waals surface area contributed by atoms with Crippen LogP contribution in [0.2, 0.25) is 0 Å². The fourth-order valence-electron chi connectivity index (χ4n) is 4.56. The Morgan fingerprint density at radius 3 is 2.50 bits per heavy atom. The second-order valence-electron chi connectivity index (χ2n) is 8.94. The number of pyridine rings is 1. The minimum absolute atomic E-state index is 0.221. The molecule has 3 heterocycles. The lowest BCUT2D eigenvalue weighted by Gasteiger charge is -2.26. The first-order valence-electron chi connectivity index (χ1n) is 11.6. The van der Waals surface area contributed by atoms with E-state index in [4.69, 9.17) is 16.6 Å². The van der Waals surface area contributed by atoms with Gasteiger partial charge in [-0.05, 0) is 85.4 Å². The number of nitrogens with zero attached hydrogens (tertiary/aromatic N) is 3. The van der Waals surface area contributed by atoms with E-state index in [0.717, 1.165) is 34.0 Å². The number of thiocarbonyl (C=S) groups is 1.